The van der Waals surface area contributed by atoms with Crippen molar-refractivity contribution >= 4 is 17.3 Å². The van der Waals surface area contributed by atoms with Gasteiger partial charge in [0.1, 0.15) is 12.4 Å². The van der Waals surface area contributed by atoms with Crippen LogP contribution in [0.3, 0.4) is 0 Å². The minimum absolute atomic E-state index is 0.526. The van der Waals surface area contributed by atoms with Crippen molar-refractivity contribution < 1.29 is 0 Å². The van der Waals surface area contributed by atoms with Crippen molar-refractivity contribution in [3.63, 3.8) is 0 Å². The maximum atomic E-state index is 4.66. The molecule has 2 N–H and O–H groups in total. The van der Waals surface area contributed by atoms with Crippen molar-refractivity contribution in [2.45, 2.75) is 39.4 Å². The third-order valence-corrected chi connectivity index (χ3v) is 4.88. The Balaban J connectivity index is 1.64. The molecule has 1 aliphatic carbocycles. The van der Waals surface area contributed by atoms with Crippen LogP contribution in [-0.2, 0) is 20.1 Å². The van der Waals surface area contributed by atoms with E-state index < -0.39 is 0 Å². The average molecular weight is 318 g/mol. The summed E-state index contributed by atoms with van der Waals surface area (Å²) in [7, 11) is 1.97. The molecule has 2 aromatic heterocycles. The normalized spacial score (nSPS) is 21.0. The van der Waals surface area contributed by atoms with E-state index in [2.05, 4.69) is 50.3 Å². The Morgan fingerprint density at radius 1 is 1.50 bits per heavy atom. The number of guanidine groups is 1. The highest BCUT2D eigenvalue weighted by molar-refractivity contribution is 7.09. The van der Waals surface area contributed by atoms with Crippen LogP contribution in [0.5, 0.6) is 0 Å². The third kappa shape index (κ3) is 3.65. The maximum Gasteiger partial charge on any atom is 0.192 e. The molecule has 1 saturated carbocycles. The van der Waals surface area contributed by atoms with E-state index in [4.69, 9.17) is 0 Å². The summed E-state index contributed by atoms with van der Waals surface area (Å²) in [5.74, 6) is 3.36. The van der Waals surface area contributed by atoms with Gasteiger partial charge in [-0.25, -0.2) is 4.99 Å². The van der Waals surface area contributed by atoms with E-state index in [-0.39, 0.29) is 0 Å². The zero-order valence-electron chi connectivity index (χ0n) is 13.2. The molecule has 2 unspecified atom stereocenters. The van der Waals surface area contributed by atoms with E-state index in [1.54, 1.807) is 11.3 Å². The summed E-state index contributed by atoms with van der Waals surface area (Å²) >= 11 is 1.75. The van der Waals surface area contributed by atoms with E-state index in [0.717, 1.165) is 30.1 Å². The summed E-state index contributed by atoms with van der Waals surface area (Å²) in [6.45, 7) is 5.52. The zero-order chi connectivity index (χ0) is 15.5. The summed E-state index contributed by atoms with van der Waals surface area (Å²) < 4.78 is 1.97. The Morgan fingerprint density at radius 2 is 2.32 bits per heavy atom. The van der Waals surface area contributed by atoms with Gasteiger partial charge in [0.2, 0.25) is 0 Å². The van der Waals surface area contributed by atoms with Crippen molar-refractivity contribution in [1.82, 2.24) is 25.4 Å². The van der Waals surface area contributed by atoms with E-state index in [9.17, 15) is 0 Å². The van der Waals surface area contributed by atoms with Gasteiger partial charge in [-0.2, -0.15) is 0 Å². The summed E-state index contributed by atoms with van der Waals surface area (Å²) in [5, 5.41) is 17.2. The second-order valence-corrected chi connectivity index (χ2v) is 6.82. The largest absolute Gasteiger partial charge is 0.353 e. The Kier molecular flexibility index (Phi) is 4.42. The number of aliphatic imine (C=N–C) groups is 1. The van der Waals surface area contributed by atoms with E-state index in [1.807, 2.05) is 18.5 Å². The lowest BCUT2D eigenvalue weighted by atomic mass is 10.4. The molecule has 3 rings (SSSR count). The van der Waals surface area contributed by atoms with Gasteiger partial charge in [-0.15, -0.1) is 21.5 Å². The molecular formula is C15H22N6S. The molecule has 0 radical (unpaired) electrons. The number of thiophene rings is 1. The van der Waals surface area contributed by atoms with Gasteiger partial charge in [0.05, 0.1) is 6.54 Å². The first-order valence-corrected chi connectivity index (χ1v) is 8.43. The monoisotopic (exact) mass is 318 g/mol. The van der Waals surface area contributed by atoms with Crippen LogP contribution < -0.4 is 10.6 Å². The molecular weight excluding hydrogens is 296 g/mol. The van der Waals surface area contributed by atoms with Crippen molar-refractivity contribution in [3.8, 4) is 0 Å². The maximum absolute atomic E-state index is 4.66. The van der Waals surface area contributed by atoms with E-state index in [0.29, 0.717) is 12.6 Å². The van der Waals surface area contributed by atoms with Gasteiger partial charge in [0.25, 0.3) is 0 Å². The number of hydrogen-bond donors (Lipinski definition) is 2. The standard InChI is InChI=1S/C15H22N6S/c1-10-7-13(10)18-15(16-8-12-5-4-6-22-12)17-9-14-20-19-11(2)21(14)3/h4-6,10,13H,7-9H2,1-3H3,(H2,16,17,18). The fraction of sp³-hybridized carbons (Fsp3) is 0.533. The highest BCUT2D eigenvalue weighted by atomic mass is 32.1. The van der Waals surface area contributed by atoms with Gasteiger partial charge in [-0.05, 0) is 30.7 Å². The predicted octanol–water partition coefficient (Wildman–Crippen LogP) is 1.83. The first kappa shape index (κ1) is 15.0. The number of hydrogen-bond acceptors (Lipinski definition) is 4. The highest BCUT2D eigenvalue weighted by Crippen LogP contribution is 2.28. The third-order valence-electron chi connectivity index (χ3n) is 4.00. The summed E-state index contributed by atoms with van der Waals surface area (Å²) in [6.07, 6.45) is 1.21. The molecule has 1 fully saturated rings. The molecule has 2 heterocycles. The van der Waals surface area contributed by atoms with Crippen LogP contribution in [0.2, 0.25) is 0 Å². The molecule has 7 heteroatoms. The van der Waals surface area contributed by atoms with E-state index in [1.165, 1.54) is 11.3 Å². The van der Waals surface area contributed by atoms with Crippen LogP contribution in [0.1, 0.15) is 29.9 Å². The number of aryl methyl sites for hydroxylation is 1. The van der Waals surface area contributed by atoms with Gasteiger partial charge < -0.3 is 15.2 Å². The number of aromatic nitrogens is 3. The van der Waals surface area contributed by atoms with Gasteiger partial charge >= 0.3 is 0 Å². The lowest BCUT2D eigenvalue weighted by Gasteiger charge is -2.11. The summed E-state index contributed by atoms with van der Waals surface area (Å²) in [5.41, 5.74) is 0. The molecule has 2 aromatic rings. The van der Waals surface area contributed by atoms with Crippen LogP contribution in [0.25, 0.3) is 0 Å². The highest BCUT2D eigenvalue weighted by Gasteiger charge is 2.33. The topological polar surface area (TPSA) is 67.1 Å². The molecule has 0 aromatic carbocycles. The first-order valence-electron chi connectivity index (χ1n) is 7.55. The quantitative estimate of drug-likeness (QED) is 0.652. The zero-order valence-corrected chi connectivity index (χ0v) is 14.0. The number of rotatable bonds is 5. The van der Waals surface area contributed by atoms with Gasteiger partial charge in [0, 0.05) is 18.0 Å². The van der Waals surface area contributed by atoms with Crippen molar-refractivity contribution in [2.24, 2.45) is 18.0 Å². The summed E-state index contributed by atoms with van der Waals surface area (Å²) in [4.78, 5) is 5.96. The lowest BCUT2D eigenvalue weighted by Crippen LogP contribution is -2.38. The number of nitrogens with zero attached hydrogens (tertiary/aromatic N) is 4. The van der Waals surface area contributed by atoms with Gasteiger partial charge in [-0.3, -0.25) is 0 Å². The molecule has 1 aliphatic rings. The van der Waals surface area contributed by atoms with Gasteiger partial charge in [-0.1, -0.05) is 13.0 Å². The molecule has 6 nitrogen and oxygen atoms in total. The van der Waals surface area contributed by atoms with Gasteiger partial charge in [0.15, 0.2) is 11.8 Å². The fourth-order valence-corrected chi connectivity index (χ4v) is 2.82. The second kappa shape index (κ2) is 6.48. The molecule has 118 valence electrons. The second-order valence-electron chi connectivity index (χ2n) is 5.78. The van der Waals surface area contributed by atoms with Crippen LogP contribution in [0.15, 0.2) is 22.5 Å². The summed E-state index contributed by atoms with van der Waals surface area (Å²) in [6, 6.07) is 4.73. The SMILES string of the molecule is Cc1nnc(CN=C(NCc2cccs2)NC2CC2C)n1C. The smallest absolute Gasteiger partial charge is 0.192 e. The molecule has 0 aliphatic heterocycles. The Bertz CT molecular complexity index is 645. The molecule has 0 amide bonds. The lowest BCUT2D eigenvalue weighted by molar-refractivity contribution is 0.737. The van der Waals surface area contributed by atoms with Crippen molar-refractivity contribution in [3.05, 3.63) is 34.0 Å². The van der Waals surface area contributed by atoms with E-state index >= 15 is 0 Å². The first-order chi connectivity index (χ1) is 10.6. The predicted molar refractivity (Wildman–Crippen MR) is 88.7 cm³/mol. The minimum Gasteiger partial charge on any atom is -0.353 e. The fourth-order valence-electron chi connectivity index (χ4n) is 2.17. The van der Waals surface area contributed by atoms with Crippen LogP contribution in [0, 0.1) is 12.8 Å². The van der Waals surface area contributed by atoms with Crippen LogP contribution in [-0.4, -0.2) is 26.8 Å². The molecule has 0 saturated heterocycles. The Labute approximate surface area is 134 Å². The minimum atomic E-state index is 0.526. The van der Waals surface area contributed by atoms with Crippen molar-refractivity contribution in [2.75, 3.05) is 0 Å². The van der Waals surface area contributed by atoms with Crippen molar-refractivity contribution in [1.29, 1.82) is 0 Å². The Hall–Kier alpha value is -1.89. The van der Waals surface area contributed by atoms with Crippen LogP contribution in [0.4, 0.5) is 0 Å². The average Bonchev–Trinajstić information content (AvgIpc) is 2.91. The molecule has 2 atom stereocenters. The number of nitrogens with one attached hydrogen (secondary N) is 2. The molecule has 22 heavy (non-hydrogen) atoms. The molecule has 0 spiro atoms. The molecule has 0 bridgehead atoms. The van der Waals surface area contributed by atoms with Crippen LogP contribution >= 0.6 is 11.3 Å². The Morgan fingerprint density at radius 3 is 2.91 bits per heavy atom.